The number of esters is 1. The Morgan fingerprint density at radius 2 is 1.52 bits per heavy atom. The Hall–Kier alpha value is -3.40. The first-order valence-corrected chi connectivity index (χ1v) is 8.78. The largest absolute Gasteiger partial charge is 0.489 e. The molecule has 0 radical (unpaired) electrons. The third kappa shape index (κ3) is 5.05. The van der Waals surface area contributed by atoms with Crippen LogP contribution in [-0.4, -0.2) is 11.8 Å². The Bertz CT molecular complexity index is 915. The SMILES string of the molecule is CCC(=O)c1ccc(OCc2cccc(C(=O)Oc3ccccc3)c2)cc1. The third-order valence-corrected chi connectivity index (χ3v) is 4.02. The van der Waals surface area contributed by atoms with Gasteiger partial charge in [0, 0.05) is 12.0 Å². The van der Waals surface area contributed by atoms with Gasteiger partial charge in [0.2, 0.25) is 0 Å². The number of hydrogen-bond donors (Lipinski definition) is 0. The molecule has 0 saturated carbocycles. The molecule has 3 aromatic carbocycles. The van der Waals surface area contributed by atoms with Crippen molar-refractivity contribution in [3.05, 3.63) is 95.6 Å². The lowest BCUT2D eigenvalue weighted by molar-refractivity contribution is 0.0734. The second kappa shape index (κ2) is 8.81. The fourth-order valence-electron chi connectivity index (χ4n) is 2.55. The molecule has 4 nitrogen and oxygen atoms in total. The quantitative estimate of drug-likeness (QED) is 0.335. The van der Waals surface area contributed by atoms with Crippen molar-refractivity contribution in [3.8, 4) is 11.5 Å². The predicted molar refractivity (Wildman–Crippen MR) is 103 cm³/mol. The summed E-state index contributed by atoms with van der Waals surface area (Å²) in [7, 11) is 0. The van der Waals surface area contributed by atoms with Gasteiger partial charge in [0.05, 0.1) is 5.56 Å². The Morgan fingerprint density at radius 1 is 0.778 bits per heavy atom. The number of benzene rings is 3. The van der Waals surface area contributed by atoms with Gasteiger partial charge in [0.15, 0.2) is 5.78 Å². The first kappa shape index (κ1) is 18.4. The highest BCUT2D eigenvalue weighted by atomic mass is 16.5. The summed E-state index contributed by atoms with van der Waals surface area (Å²) in [6.45, 7) is 2.15. The van der Waals surface area contributed by atoms with Gasteiger partial charge in [-0.05, 0) is 54.1 Å². The molecule has 0 aliphatic heterocycles. The van der Waals surface area contributed by atoms with E-state index in [9.17, 15) is 9.59 Å². The van der Waals surface area contributed by atoms with E-state index in [2.05, 4.69) is 0 Å². The van der Waals surface area contributed by atoms with Gasteiger partial charge in [-0.1, -0.05) is 37.3 Å². The van der Waals surface area contributed by atoms with Crippen LogP contribution >= 0.6 is 0 Å². The molecule has 0 saturated heterocycles. The molecule has 3 rings (SSSR count). The van der Waals surface area contributed by atoms with E-state index in [1.165, 1.54) is 0 Å². The van der Waals surface area contributed by atoms with Crippen molar-refractivity contribution in [2.45, 2.75) is 20.0 Å². The van der Waals surface area contributed by atoms with Crippen LogP contribution in [0.2, 0.25) is 0 Å². The highest BCUT2D eigenvalue weighted by molar-refractivity contribution is 5.95. The monoisotopic (exact) mass is 360 g/mol. The molecule has 0 bridgehead atoms. The maximum atomic E-state index is 12.3. The van der Waals surface area contributed by atoms with E-state index in [1.54, 1.807) is 54.6 Å². The van der Waals surface area contributed by atoms with E-state index in [4.69, 9.17) is 9.47 Å². The Labute approximate surface area is 158 Å². The van der Waals surface area contributed by atoms with Gasteiger partial charge in [0.25, 0.3) is 0 Å². The number of Topliss-reactive ketones (excluding diaryl/α,β-unsaturated/α-hetero) is 1. The zero-order valence-corrected chi connectivity index (χ0v) is 15.1. The highest BCUT2D eigenvalue weighted by Gasteiger charge is 2.09. The van der Waals surface area contributed by atoms with Gasteiger partial charge in [-0.3, -0.25) is 4.79 Å². The maximum absolute atomic E-state index is 12.3. The molecular weight excluding hydrogens is 340 g/mol. The average Bonchev–Trinajstić information content (AvgIpc) is 2.73. The fraction of sp³-hybridized carbons (Fsp3) is 0.130. The Balaban J connectivity index is 1.62. The van der Waals surface area contributed by atoms with Crippen LogP contribution in [0.5, 0.6) is 11.5 Å². The van der Waals surface area contributed by atoms with Gasteiger partial charge >= 0.3 is 5.97 Å². The van der Waals surface area contributed by atoms with Crippen LogP contribution in [0.15, 0.2) is 78.9 Å². The van der Waals surface area contributed by atoms with E-state index < -0.39 is 5.97 Å². The van der Waals surface area contributed by atoms with Crippen LogP contribution in [0.4, 0.5) is 0 Å². The second-order valence-corrected chi connectivity index (χ2v) is 5.99. The van der Waals surface area contributed by atoms with Crippen LogP contribution in [0, 0.1) is 0 Å². The van der Waals surface area contributed by atoms with E-state index in [0.29, 0.717) is 35.7 Å². The summed E-state index contributed by atoms with van der Waals surface area (Å²) in [4.78, 5) is 23.9. The lowest BCUT2D eigenvalue weighted by atomic mass is 10.1. The fourth-order valence-corrected chi connectivity index (χ4v) is 2.55. The minimum absolute atomic E-state index is 0.103. The van der Waals surface area contributed by atoms with E-state index >= 15 is 0 Å². The van der Waals surface area contributed by atoms with Crippen molar-refractivity contribution in [2.24, 2.45) is 0 Å². The smallest absolute Gasteiger partial charge is 0.343 e. The molecular formula is C23H20O4. The molecule has 0 aliphatic rings. The zero-order chi connectivity index (χ0) is 19.1. The van der Waals surface area contributed by atoms with Gasteiger partial charge in [0.1, 0.15) is 18.1 Å². The molecule has 0 fully saturated rings. The molecule has 27 heavy (non-hydrogen) atoms. The summed E-state index contributed by atoms with van der Waals surface area (Å²) in [6.07, 6.45) is 0.478. The molecule has 136 valence electrons. The normalized spacial score (nSPS) is 10.3. The molecule has 0 aliphatic carbocycles. The molecule has 4 heteroatoms. The van der Waals surface area contributed by atoms with Crippen LogP contribution in [0.25, 0.3) is 0 Å². The molecule has 0 N–H and O–H groups in total. The number of hydrogen-bond acceptors (Lipinski definition) is 4. The molecule has 0 heterocycles. The Morgan fingerprint density at radius 3 is 2.22 bits per heavy atom. The maximum Gasteiger partial charge on any atom is 0.343 e. The highest BCUT2D eigenvalue weighted by Crippen LogP contribution is 2.17. The van der Waals surface area contributed by atoms with E-state index in [1.807, 2.05) is 31.2 Å². The molecule has 0 unspecified atom stereocenters. The molecule has 0 aromatic heterocycles. The molecule has 0 amide bonds. The number of carbonyl (C=O) groups is 2. The van der Waals surface area contributed by atoms with Crippen LogP contribution in [-0.2, 0) is 6.61 Å². The van der Waals surface area contributed by atoms with Gasteiger partial charge < -0.3 is 9.47 Å². The summed E-state index contributed by atoms with van der Waals surface area (Å²) in [5.74, 6) is 0.863. The van der Waals surface area contributed by atoms with E-state index in [0.717, 1.165) is 5.56 Å². The minimum Gasteiger partial charge on any atom is -0.489 e. The lowest BCUT2D eigenvalue weighted by Crippen LogP contribution is -2.09. The number of ether oxygens (including phenoxy) is 2. The van der Waals surface area contributed by atoms with E-state index in [-0.39, 0.29) is 5.78 Å². The summed E-state index contributed by atoms with van der Waals surface area (Å²) in [6, 6.07) is 23.2. The van der Waals surface area contributed by atoms with Crippen molar-refractivity contribution in [2.75, 3.05) is 0 Å². The predicted octanol–water partition coefficient (Wildman–Crippen LogP) is 5.08. The summed E-state index contributed by atoms with van der Waals surface area (Å²) in [5, 5.41) is 0. The number of ketones is 1. The van der Waals surface area contributed by atoms with Crippen molar-refractivity contribution in [3.63, 3.8) is 0 Å². The van der Waals surface area contributed by atoms with Crippen LogP contribution < -0.4 is 9.47 Å². The first-order chi connectivity index (χ1) is 13.2. The second-order valence-electron chi connectivity index (χ2n) is 5.99. The van der Waals surface area contributed by atoms with Crippen molar-refractivity contribution in [1.82, 2.24) is 0 Å². The van der Waals surface area contributed by atoms with Crippen molar-refractivity contribution in [1.29, 1.82) is 0 Å². The third-order valence-electron chi connectivity index (χ3n) is 4.02. The van der Waals surface area contributed by atoms with Gasteiger partial charge in [-0.15, -0.1) is 0 Å². The lowest BCUT2D eigenvalue weighted by Gasteiger charge is -2.09. The average molecular weight is 360 g/mol. The number of rotatable bonds is 7. The van der Waals surface area contributed by atoms with Crippen LogP contribution in [0.3, 0.4) is 0 Å². The van der Waals surface area contributed by atoms with Crippen LogP contribution in [0.1, 0.15) is 39.6 Å². The van der Waals surface area contributed by atoms with Crippen molar-refractivity contribution < 1.29 is 19.1 Å². The topological polar surface area (TPSA) is 52.6 Å². The van der Waals surface area contributed by atoms with Gasteiger partial charge in [-0.25, -0.2) is 4.79 Å². The summed E-state index contributed by atoms with van der Waals surface area (Å²) < 4.78 is 11.1. The summed E-state index contributed by atoms with van der Waals surface area (Å²) >= 11 is 0. The number of carbonyl (C=O) groups excluding carboxylic acids is 2. The molecule has 0 atom stereocenters. The van der Waals surface area contributed by atoms with Crippen molar-refractivity contribution >= 4 is 11.8 Å². The number of para-hydroxylation sites is 1. The molecule has 3 aromatic rings. The standard InChI is InChI=1S/C23H20O4/c1-2-22(24)18-11-13-20(14-12-18)26-16-17-7-6-8-19(15-17)23(25)27-21-9-4-3-5-10-21/h3-15H,2,16H2,1H3. The molecule has 0 spiro atoms. The Kier molecular flexibility index (Phi) is 6.00. The summed E-state index contributed by atoms with van der Waals surface area (Å²) in [5.41, 5.74) is 1.99. The minimum atomic E-state index is -0.412. The van der Waals surface area contributed by atoms with Gasteiger partial charge in [-0.2, -0.15) is 0 Å². The first-order valence-electron chi connectivity index (χ1n) is 8.78. The zero-order valence-electron chi connectivity index (χ0n) is 15.1.